The highest BCUT2D eigenvalue weighted by atomic mass is 79.9. The van der Waals surface area contributed by atoms with Crippen LogP contribution < -0.4 is 0 Å². The zero-order valence-corrected chi connectivity index (χ0v) is 10.6. The Hall–Kier alpha value is -1.27. The van der Waals surface area contributed by atoms with Gasteiger partial charge < -0.3 is 5.11 Å². The highest BCUT2D eigenvalue weighted by Crippen LogP contribution is 2.21. The van der Waals surface area contributed by atoms with Crippen LogP contribution in [0.4, 0.5) is 4.39 Å². The lowest BCUT2D eigenvalue weighted by molar-refractivity contribution is 0.288. The van der Waals surface area contributed by atoms with Crippen molar-refractivity contribution in [2.75, 3.05) is 6.61 Å². The Morgan fingerprint density at radius 3 is 3.00 bits per heavy atom. The number of benzene rings is 1. The molecule has 0 atom stereocenters. The maximum absolute atomic E-state index is 13.1. The van der Waals surface area contributed by atoms with Crippen molar-refractivity contribution in [1.29, 1.82) is 0 Å². The maximum Gasteiger partial charge on any atom is 0.125 e. The van der Waals surface area contributed by atoms with Crippen molar-refractivity contribution in [3.63, 3.8) is 0 Å². The molecule has 2 aromatic rings. The molecule has 0 spiro atoms. The van der Waals surface area contributed by atoms with E-state index in [2.05, 4.69) is 26.2 Å². The number of aliphatic hydroxyl groups excluding tert-OH is 1. The molecule has 90 valence electrons. The third kappa shape index (κ3) is 2.89. The summed E-state index contributed by atoms with van der Waals surface area (Å²) in [5.74, 6) is -0.324. The third-order valence-corrected chi connectivity index (χ3v) is 2.96. The van der Waals surface area contributed by atoms with Gasteiger partial charge in [-0.25, -0.2) is 9.07 Å². The van der Waals surface area contributed by atoms with E-state index in [1.165, 1.54) is 16.8 Å². The average Bonchev–Trinajstić information content (AvgIpc) is 2.78. The number of hydrogen-bond acceptors (Lipinski definition) is 3. The fourth-order valence-electron chi connectivity index (χ4n) is 1.45. The second kappa shape index (κ2) is 5.37. The van der Waals surface area contributed by atoms with Crippen molar-refractivity contribution >= 4 is 15.9 Å². The van der Waals surface area contributed by atoms with Gasteiger partial charge in [-0.1, -0.05) is 5.21 Å². The molecule has 4 nitrogen and oxygen atoms in total. The lowest BCUT2D eigenvalue weighted by Gasteiger charge is -2.02. The zero-order chi connectivity index (χ0) is 12.3. The molecule has 1 heterocycles. The van der Waals surface area contributed by atoms with Gasteiger partial charge in [0.25, 0.3) is 0 Å². The Kier molecular flexibility index (Phi) is 3.86. The van der Waals surface area contributed by atoms with Crippen LogP contribution in [0.25, 0.3) is 5.69 Å². The van der Waals surface area contributed by atoms with E-state index in [4.69, 9.17) is 5.11 Å². The van der Waals surface area contributed by atoms with Gasteiger partial charge in [0, 0.05) is 17.1 Å². The Morgan fingerprint density at radius 2 is 2.24 bits per heavy atom. The van der Waals surface area contributed by atoms with E-state index in [0.717, 1.165) is 10.2 Å². The highest BCUT2D eigenvalue weighted by Gasteiger charge is 2.07. The minimum absolute atomic E-state index is 0.122. The average molecular weight is 300 g/mol. The quantitative estimate of drug-likeness (QED) is 0.940. The van der Waals surface area contributed by atoms with Gasteiger partial charge >= 0.3 is 0 Å². The van der Waals surface area contributed by atoms with Gasteiger partial charge in [-0.15, -0.1) is 5.10 Å². The first-order valence-corrected chi connectivity index (χ1v) is 5.97. The summed E-state index contributed by atoms with van der Waals surface area (Å²) in [6.45, 7) is 0.122. The molecule has 1 N–H and O–H groups in total. The molecule has 0 unspecified atom stereocenters. The molecule has 0 saturated heterocycles. The lowest BCUT2D eigenvalue weighted by Crippen LogP contribution is -1.96. The SMILES string of the molecule is OCCCc1cn(-c2cc(F)ccc2Br)nn1. The summed E-state index contributed by atoms with van der Waals surface area (Å²) in [6.07, 6.45) is 3.03. The van der Waals surface area contributed by atoms with Crippen LogP contribution in [-0.4, -0.2) is 26.7 Å². The minimum Gasteiger partial charge on any atom is -0.396 e. The van der Waals surface area contributed by atoms with Crippen molar-refractivity contribution in [2.24, 2.45) is 0 Å². The first-order chi connectivity index (χ1) is 8.20. The predicted molar refractivity (Wildman–Crippen MR) is 64.4 cm³/mol. The van der Waals surface area contributed by atoms with Gasteiger partial charge in [0.15, 0.2) is 0 Å². The first-order valence-electron chi connectivity index (χ1n) is 5.18. The van der Waals surface area contributed by atoms with Crippen LogP contribution in [0.2, 0.25) is 0 Å². The molecular weight excluding hydrogens is 289 g/mol. The first kappa shape index (κ1) is 12.2. The van der Waals surface area contributed by atoms with Gasteiger partial charge in [-0.05, 0) is 40.9 Å². The molecule has 0 aliphatic carbocycles. The number of halogens is 2. The molecule has 1 aromatic heterocycles. The summed E-state index contributed by atoms with van der Waals surface area (Å²) < 4.78 is 15.4. The molecule has 0 radical (unpaired) electrons. The summed E-state index contributed by atoms with van der Waals surface area (Å²) in [6, 6.07) is 4.38. The van der Waals surface area contributed by atoms with Crippen LogP contribution in [0.15, 0.2) is 28.9 Å². The molecule has 2 rings (SSSR count). The number of aliphatic hydroxyl groups is 1. The Morgan fingerprint density at radius 1 is 1.41 bits per heavy atom. The number of nitrogens with zero attached hydrogens (tertiary/aromatic N) is 3. The number of aryl methyl sites for hydroxylation is 1. The van der Waals surface area contributed by atoms with Crippen LogP contribution in [0.1, 0.15) is 12.1 Å². The van der Waals surface area contributed by atoms with E-state index < -0.39 is 0 Å². The van der Waals surface area contributed by atoms with E-state index in [1.807, 2.05) is 0 Å². The smallest absolute Gasteiger partial charge is 0.125 e. The number of rotatable bonds is 4. The summed E-state index contributed by atoms with van der Waals surface area (Å²) in [5, 5.41) is 16.6. The van der Waals surface area contributed by atoms with Crippen molar-refractivity contribution < 1.29 is 9.50 Å². The molecule has 0 amide bonds. The van der Waals surface area contributed by atoms with Gasteiger partial charge in [0.05, 0.1) is 17.6 Å². The van der Waals surface area contributed by atoms with Crippen molar-refractivity contribution in [3.05, 3.63) is 40.4 Å². The molecular formula is C11H11BrFN3O. The van der Waals surface area contributed by atoms with Crippen LogP contribution in [0.3, 0.4) is 0 Å². The maximum atomic E-state index is 13.1. The number of aromatic nitrogens is 3. The standard InChI is InChI=1S/C11H11BrFN3O/c12-10-4-3-8(13)6-11(10)16-7-9(14-15-16)2-1-5-17/h3-4,6-7,17H,1-2,5H2. The topological polar surface area (TPSA) is 50.9 Å². The Labute approximate surface area is 106 Å². The van der Waals surface area contributed by atoms with Crippen LogP contribution in [-0.2, 0) is 6.42 Å². The van der Waals surface area contributed by atoms with Crippen LogP contribution >= 0.6 is 15.9 Å². The van der Waals surface area contributed by atoms with Gasteiger partial charge in [-0.3, -0.25) is 0 Å². The third-order valence-electron chi connectivity index (χ3n) is 2.29. The van der Waals surface area contributed by atoms with E-state index >= 15 is 0 Å². The predicted octanol–water partition coefficient (Wildman–Crippen LogP) is 2.09. The van der Waals surface area contributed by atoms with E-state index in [-0.39, 0.29) is 12.4 Å². The Bertz CT molecular complexity index is 515. The van der Waals surface area contributed by atoms with E-state index in [0.29, 0.717) is 18.5 Å². The molecule has 0 fully saturated rings. The normalized spacial score (nSPS) is 10.8. The largest absolute Gasteiger partial charge is 0.396 e. The van der Waals surface area contributed by atoms with E-state index in [9.17, 15) is 4.39 Å². The summed E-state index contributed by atoms with van der Waals surface area (Å²) in [7, 11) is 0. The monoisotopic (exact) mass is 299 g/mol. The molecule has 6 heteroatoms. The Balaban J connectivity index is 2.27. The summed E-state index contributed by atoms with van der Waals surface area (Å²) in [5.41, 5.74) is 1.38. The molecule has 0 bridgehead atoms. The van der Waals surface area contributed by atoms with E-state index in [1.54, 1.807) is 12.3 Å². The van der Waals surface area contributed by atoms with Crippen LogP contribution in [0, 0.1) is 5.82 Å². The molecule has 0 saturated carbocycles. The minimum atomic E-state index is -0.324. The fourth-order valence-corrected chi connectivity index (χ4v) is 1.88. The van der Waals surface area contributed by atoms with Crippen molar-refractivity contribution in [1.82, 2.24) is 15.0 Å². The molecule has 17 heavy (non-hydrogen) atoms. The summed E-state index contributed by atoms with van der Waals surface area (Å²) in [4.78, 5) is 0. The van der Waals surface area contributed by atoms with Crippen molar-refractivity contribution in [3.8, 4) is 5.69 Å². The molecule has 0 aliphatic rings. The van der Waals surface area contributed by atoms with Gasteiger partial charge in [-0.2, -0.15) is 0 Å². The second-order valence-electron chi connectivity index (χ2n) is 3.58. The highest BCUT2D eigenvalue weighted by molar-refractivity contribution is 9.10. The van der Waals surface area contributed by atoms with Gasteiger partial charge in [0.2, 0.25) is 0 Å². The van der Waals surface area contributed by atoms with Crippen molar-refractivity contribution in [2.45, 2.75) is 12.8 Å². The summed E-state index contributed by atoms with van der Waals surface area (Å²) >= 11 is 3.33. The molecule has 0 aliphatic heterocycles. The fraction of sp³-hybridized carbons (Fsp3) is 0.273. The number of hydrogen-bond donors (Lipinski definition) is 1. The zero-order valence-electron chi connectivity index (χ0n) is 8.98. The van der Waals surface area contributed by atoms with Crippen LogP contribution in [0.5, 0.6) is 0 Å². The lowest BCUT2D eigenvalue weighted by atomic mass is 10.2. The van der Waals surface area contributed by atoms with Gasteiger partial charge in [0.1, 0.15) is 5.82 Å². The second-order valence-corrected chi connectivity index (χ2v) is 4.43. The molecule has 1 aromatic carbocycles.